The molecule has 1 aromatic rings. The SMILES string of the molecule is CCN(CC)C(CNC(=O)NCC1CCCC(O)C1)c1ccccc1. The van der Waals surface area contributed by atoms with Gasteiger partial charge >= 0.3 is 6.03 Å². The highest BCUT2D eigenvalue weighted by molar-refractivity contribution is 5.73. The summed E-state index contributed by atoms with van der Waals surface area (Å²) in [5.74, 6) is 0.391. The summed E-state index contributed by atoms with van der Waals surface area (Å²) < 4.78 is 0. The first-order valence-corrected chi connectivity index (χ1v) is 9.62. The highest BCUT2D eigenvalue weighted by atomic mass is 16.3. The molecule has 0 bridgehead atoms. The minimum Gasteiger partial charge on any atom is -0.393 e. The summed E-state index contributed by atoms with van der Waals surface area (Å²) in [5.41, 5.74) is 1.22. The van der Waals surface area contributed by atoms with Crippen LogP contribution in [-0.2, 0) is 0 Å². The number of nitrogens with zero attached hydrogens (tertiary/aromatic N) is 1. The minimum atomic E-state index is -0.200. The smallest absolute Gasteiger partial charge is 0.314 e. The van der Waals surface area contributed by atoms with E-state index >= 15 is 0 Å². The van der Waals surface area contributed by atoms with Crippen LogP contribution >= 0.6 is 0 Å². The van der Waals surface area contributed by atoms with Crippen molar-refractivity contribution in [1.29, 1.82) is 0 Å². The fourth-order valence-electron chi connectivity index (χ4n) is 3.73. The lowest BCUT2D eigenvalue weighted by molar-refractivity contribution is 0.101. The molecule has 1 aliphatic rings. The van der Waals surface area contributed by atoms with Gasteiger partial charge in [0.05, 0.1) is 12.1 Å². The topological polar surface area (TPSA) is 64.6 Å². The molecule has 0 heterocycles. The zero-order chi connectivity index (χ0) is 18.1. The number of benzene rings is 1. The molecule has 0 aromatic heterocycles. The lowest BCUT2D eigenvalue weighted by atomic mass is 9.87. The Morgan fingerprint density at radius 1 is 1.20 bits per heavy atom. The van der Waals surface area contributed by atoms with Gasteiger partial charge in [0.1, 0.15) is 0 Å². The number of carbonyl (C=O) groups excluding carboxylic acids is 1. The summed E-state index contributed by atoms with van der Waals surface area (Å²) in [6, 6.07) is 10.4. The maximum Gasteiger partial charge on any atom is 0.314 e. The van der Waals surface area contributed by atoms with Gasteiger partial charge in [-0.05, 0) is 43.8 Å². The summed E-state index contributed by atoms with van der Waals surface area (Å²) in [6.07, 6.45) is 3.63. The van der Waals surface area contributed by atoms with Gasteiger partial charge < -0.3 is 15.7 Å². The molecule has 5 heteroatoms. The van der Waals surface area contributed by atoms with Crippen molar-refractivity contribution in [2.45, 2.75) is 51.7 Å². The predicted molar refractivity (Wildman–Crippen MR) is 101 cm³/mol. The molecule has 3 unspecified atom stereocenters. The minimum absolute atomic E-state index is 0.117. The molecule has 2 rings (SSSR count). The highest BCUT2D eigenvalue weighted by Crippen LogP contribution is 2.23. The van der Waals surface area contributed by atoms with Crippen LogP contribution < -0.4 is 10.6 Å². The van der Waals surface area contributed by atoms with Crippen LogP contribution in [0.1, 0.15) is 51.1 Å². The molecule has 0 spiro atoms. The number of urea groups is 1. The maximum atomic E-state index is 12.2. The van der Waals surface area contributed by atoms with Gasteiger partial charge in [-0.2, -0.15) is 0 Å². The molecule has 25 heavy (non-hydrogen) atoms. The van der Waals surface area contributed by atoms with E-state index in [9.17, 15) is 9.90 Å². The van der Waals surface area contributed by atoms with Gasteiger partial charge in [0.2, 0.25) is 0 Å². The number of likely N-dealkylation sites (N-methyl/N-ethyl adjacent to an activating group) is 1. The molecule has 0 aliphatic heterocycles. The molecule has 3 N–H and O–H groups in total. The fourth-order valence-corrected chi connectivity index (χ4v) is 3.73. The summed E-state index contributed by atoms with van der Waals surface area (Å²) in [4.78, 5) is 14.6. The number of nitrogens with one attached hydrogen (secondary N) is 2. The number of hydrogen-bond acceptors (Lipinski definition) is 3. The van der Waals surface area contributed by atoms with Crippen LogP contribution in [0.3, 0.4) is 0 Å². The van der Waals surface area contributed by atoms with E-state index in [1.807, 2.05) is 18.2 Å². The number of carbonyl (C=O) groups is 1. The lowest BCUT2D eigenvalue weighted by Crippen LogP contribution is -2.44. The van der Waals surface area contributed by atoms with Crippen molar-refractivity contribution in [3.8, 4) is 0 Å². The Bertz CT molecular complexity index is 505. The van der Waals surface area contributed by atoms with Crippen molar-refractivity contribution in [1.82, 2.24) is 15.5 Å². The van der Waals surface area contributed by atoms with Gasteiger partial charge in [-0.15, -0.1) is 0 Å². The second-order valence-corrected chi connectivity index (χ2v) is 6.93. The molecule has 1 fully saturated rings. The lowest BCUT2D eigenvalue weighted by Gasteiger charge is -2.30. The van der Waals surface area contributed by atoms with Crippen LogP contribution in [0.15, 0.2) is 30.3 Å². The van der Waals surface area contributed by atoms with Gasteiger partial charge in [0.15, 0.2) is 0 Å². The van der Waals surface area contributed by atoms with E-state index in [4.69, 9.17) is 0 Å². The zero-order valence-corrected chi connectivity index (χ0v) is 15.6. The van der Waals surface area contributed by atoms with Crippen molar-refractivity contribution < 1.29 is 9.90 Å². The average molecular weight is 348 g/mol. The molecule has 140 valence electrons. The maximum absolute atomic E-state index is 12.2. The van der Waals surface area contributed by atoms with E-state index in [2.05, 4.69) is 41.5 Å². The molecule has 0 radical (unpaired) electrons. The summed E-state index contributed by atoms with van der Waals surface area (Å²) >= 11 is 0. The molecule has 2 amide bonds. The Labute approximate surface area is 151 Å². The molecule has 1 saturated carbocycles. The Morgan fingerprint density at radius 3 is 2.56 bits per heavy atom. The van der Waals surface area contributed by atoms with Crippen molar-refractivity contribution in [2.75, 3.05) is 26.2 Å². The average Bonchev–Trinajstić information content (AvgIpc) is 2.64. The Balaban J connectivity index is 1.83. The Morgan fingerprint density at radius 2 is 1.92 bits per heavy atom. The second-order valence-electron chi connectivity index (χ2n) is 6.93. The number of aliphatic hydroxyl groups is 1. The third-order valence-corrected chi connectivity index (χ3v) is 5.20. The fraction of sp³-hybridized carbons (Fsp3) is 0.650. The first-order valence-electron chi connectivity index (χ1n) is 9.62. The van der Waals surface area contributed by atoms with Gasteiger partial charge in [0, 0.05) is 13.1 Å². The van der Waals surface area contributed by atoms with Crippen molar-refractivity contribution in [2.24, 2.45) is 5.92 Å². The van der Waals surface area contributed by atoms with Gasteiger partial charge in [-0.1, -0.05) is 50.6 Å². The number of hydrogen-bond donors (Lipinski definition) is 3. The largest absolute Gasteiger partial charge is 0.393 e. The molecular formula is C20H33N3O2. The summed E-state index contributed by atoms with van der Waals surface area (Å²) in [5, 5.41) is 15.7. The van der Waals surface area contributed by atoms with Crippen LogP contribution in [0, 0.1) is 5.92 Å². The molecule has 5 nitrogen and oxygen atoms in total. The Hall–Kier alpha value is -1.59. The van der Waals surface area contributed by atoms with Crippen LogP contribution in [-0.4, -0.2) is 48.3 Å². The molecule has 3 atom stereocenters. The van der Waals surface area contributed by atoms with E-state index in [0.29, 0.717) is 19.0 Å². The van der Waals surface area contributed by atoms with E-state index in [-0.39, 0.29) is 18.2 Å². The van der Waals surface area contributed by atoms with Crippen LogP contribution in [0.5, 0.6) is 0 Å². The summed E-state index contributed by atoms with van der Waals surface area (Å²) in [7, 11) is 0. The highest BCUT2D eigenvalue weighted by Gasteiger charge is 2.21. The number of amides is 2. The normalized spacial score (nSPS) is 21.8. The monoisotopic (exact) mass is 347 g/mol. The second kappa shape index (κ2) is 10.4. The third-order valence-electron chi connectivity index (χ3n) is 5.20. The van der Waals surface area contributed by atoms with E-state index in [1.165, 1.54) is 5.56 Å². The number of aliphatic hydroxyl groups excluding tert-OH is 1. The van der Waals surface area contributed by atoms with E-state index < -0.39 is 0 Å². The molecule has 1 aromatic carbocycles. The van der Waals surface area contributed by atoms with Gasteiger partial charge in [0.25, 0.3) is 0 Å². The first-order chi connectivity index (χ1) is 12.1. The summed E-state index contributed by atoms with van der Waals surface area (Å²) in [6.45, 7) is 7.41. The van der Waals surface area contributed by atoms with E-state index in [1.54, 1.807) is 0 Å². The molecular weight excluding hydrogens is 314 g/mol. The van der Waals surface area contributed by atoms with Crippen LogP contribution in [0.2, 0.25) is 0 Å². The predicted octanol–water partition coefficient (Wildman–Crippen LogP) is 2.92. The van der Waals surface area contributed by atoms with Crippen LogP contribution in [0.25, 0.3) is 0 Å². The van der Waals surface area contributed by atoms with Crippen LogP contribution in [0.4, 0.5) is 4.79 Å². The zero-order valence-electron chi connectivity index (χ0n) is 15.6. The molecule has 0 saturated heterocycles. The molecule has 1 aliphatic carbocycles. The first kappa shape index (κ1) is 19.7. The van der Waals surface area contributed by atoms with Gasteiger partial charge in [-0.25, -0.2) is 4.79 Å². The number of rotatable bonds is 8. The van der Waals surface area contributed by atoms with Crippen molar-refractivity contribution in [3.05, 3.63) is 35.9 Å². The third kappa shape index (κ3) is 6.33. The van der Waals surface area contributed by atoms with Crippen molar-refractivity contribution >= 4 is 6.03 Å². The van der Waals surface area contributed by atoms with Gasteiger partial charge in [-0.3, -0.25) is 4.90 Å². The quantitative estimate of drug-likeness (QED) is 0.677. The van der Waals surface area contributed by atoms with E-state index in [0.717, 1.165) is 38.8 Å². The Kier molecular flexibility index (Phi) is 8.22. The van der Waals surface area contributed by atoms with Crippen molar-refractivity contribution in [3.63, 3.8) is 0 Å². The standard InChI is InChI=1S/C20H33N3O2/c1-3-23(4-2)19(17-10-6-5-7-11-17)15-22-20(25)21-14-16-9-8-12-18(24)13-16/h5-7,10-11,16,18-19,24H,3-4,8-9,12-15H2,1-2H3,(H2,21,22,25).